The van der Waals surface area contributed by atoms with Crippen LogP contribution in [-0.2, 0) is 4.79 Å². The van der Waals surface area contributed by atoms with E-state index in [1.165, 1.54) is 6.92 Å². The number of hydrogen-bond acceptors (Lipinski definition) is 3. The topological polar surface area (TPSA) is 69.1 Å². The van der Waals surface area contributed by atoms with Crippen LogP contribution in [0.15, 0.2) is 0 Å². The Bertz CT molecular complexity index is 52.0. The molecule has 8 heavy (non-hydrogen) atoms. The van der Waals surface area contributed by atoms with E-state index < -0.39 is 0 Å². The van der Waals surface area contributed by atoms with Crippen molar-refractivity contribution in [3.8, 4) is 0 Å². The molecule has 0 atom stereocenters. The molecule has 0 spiro atoms. The van der Waals surface area contributed by atoms with Crippen LogP contribution in [0.3, 0.4) is 0 Å². The highest BCUT2D eigenvalue weighted by Crippen LogP contribution is 1.74. The van der Waals surface area contributed by atoms with Crippen LogP contribution in [0.4, 0.5) is 0 Å². The Kier molecular flexibility index (Phi) is 13.9. The Labute approximate surface area is 57.5 Å². The van der Waals surface area contributed by atoms with Crippen LogP contribution in [0.25, 0.3) is 0 Å². The Morgan fingerprint density at radius 2 is 1.62 bits per heavy atom. The van der Waals surface area contributed by atoms with Gasteiger partial charge in [0.05, 0.1) is 0 Å². The molecule has 0 saturated heterocycles. The van der Waals surface area contributed by atoms with E-state index in [1.807, 2.05) is 0 Å². The van der Waals surface area contributed by atoms with Crippen LogP contribution < -0.4 is 11.5 Å². The van der Waals surface area contributed by atoms with E-state index in [0.29, 0.717) is 13.1 Å². The molecular formula is C4H11BrN2O. The summed E-state index contributed by atoms with van der Waals surface area (Å²) < 4.78 is -0.0208. The fraction of sp³-hybridized carbons (Fsp3) is 0.750. The van der Waals surface area contributed by atoms with Crippen molar-refractivity contribution in [2.75, 3.05) is 13.1 Å². The van der Waals surface area contributed by atoms with Crippen LogP contribution in [0.5, 0.6) is 0 Å². The van der Waals surface area contributed by atoms with Crippen molar-refractivity contribution in [2.24, 2.45) is 11.5 Å². The molecule has 0 aromatic carbocycles. The summed E-state index contributed by atoms with van der Waals surface area (Å²) in [5, 5.41) is 0. The Morgan fingerprint density at radius 3 is 1.62 bits per heavy atom. The van der Waals surface area contributed by atoms with Gasteiger partial charge in [0.15, 0.2) is 4.69 Å². The lowest BCUT2D eigenvalue weighted by Crippen LogP contribution is -2.11. The van der Waals surface area contributed by atoms with E-state index in [2.05, 4.69) is 15.9 Å². The second-order valence-corrected chi connectivity index (χ2v) is 2.16. The summed E-state index contributed by atoms with van der Waals surface area (Å²) in [6, 6.07) is 0. The Balaban J connectivity index is 0. The first-order valence-corrected chi connectivity index (χ1v) is 3.00. The number of carbonyl (C=O) groups excluding carboxylic acids is 1. The highest BCUT2D eigenvalue weighted by atomic mass is 79.9. The van der Waals surface area contributed by atoms with Crippen molar-refractivity contribution >= 4 is 20.6 Å². The zero-order chi connectivity index (χ0) is 6.99. The lowest BCUT2D eigenvalue weighted by atomic mass is 10.7. The molecule has 0 heterocycles. The predicted molar refractivity (Wildman–Crippen MR) is 37.7 cm³/mol. The van der Waals surface area contributed by atoms with Gasteiger partial charge in [-0.05, 0) is 15.9 Å². The molecule has 0 bridgehead atoms. The highest BCUT2D eigenvalue weighted by molar-refractivity contribution is 9.18. The van der Waals surface area contributed by atoms with E-state index in [4.69, 9.17) is 11.5 Å². The molecule has 0 aromatic rings. The van der Waals surface area contributed by atoms with Crippen LogP contribution in [0, 0.1) is 0 Å². The van der Waals surface area contributed by atoms with Gasteiger partial charge in [-0.1, -0.05) is 0 Å². The second kappa shape index (κ2) is 10.1. The number of carbonyl (C=O) groups is 1. The van der Waals surface area contributed by atoms with Crippen LogP contribution in [0.2, 0.25) is 0 Å². The van der Waals surface area contributed by atoms with E-state index in [-0.39, 0.29) is 4.69 Å². The summed E-state index contributed by atoms with van der Waals surface area (Å²) in [6.45, 7) is 2.64. The van der Waals surface area contributed by atoms with Gasteiger partial charge in [-0.15, -0.1) is 0 Å². The van der Waals surface area contributed by atoms with Gasteiger partial charge in [0, 0.05) is 20.0 Å². The molecular weight excluding hydrogens is 172 g/mol. The summed E-state index contributed by atoms with van der Waals surface area (Å²) >= 11 is 2.63. The highest BCUT2D eigenvalue weighted by Gasteiger charge is 1.66. The van der Waals surface area contributed by atoms with E-state index in [0.717, 1.165) is 0 Å². The maximum atomic E-state index is 9.36. The third kappa shape index (κ3) is 136. The summed E-state index contributed by atoms with van der Waals surface area (Å²) in [5.74, 6) is 0. The van der Waals surface area contributed by atoms with Crippen molar-refractivity contribution in [3.05, 3.63) is 0 Å². The normalized spacial score (nSPS) is 7.00. The van der Waals surface area contributed by atoms with Crippen molar-refractivity contribution in [3.63, 3.8) is 0 Å². The molecule has 0 fully saturated rings. The molecule has 0 aromatic heterocycles. The van der Waals surface area contributed by atoms with Gasteiger partial charge in [0.2, 0.25) is 0 Å². The summed E-state index contributed by atoms with van der Waals surface area (Å²) in [5.41, 5.74) is 9.81. The van der Waals surface area contributed by atoms with Crippen LogP contribution in [-0.4, -0.2) is 17.8 Å². The molecule has 50 valence electrons. The van der Waals surface area contributed by atoms with Gasteiger partial charge >= 0.3 is 0 Å². The van der Waals surface area contributed by atoms with Gasteiger partial charge in [-0.25, -0.2) is 0 Å². The number of rotatable bonds is 1. The van der Waals surface area contributed by atoms with Crippen molar-refractivity contribution in [1.29, 1.82) is 0 Å². The quantitative estimate of drug-likeness (QED) is 0.554. The summed E-state index contributed by atoms with van der Waals surface area (Å²) in [6.07, 6.45) is 0. The minimum atomic E-state index is -0.0208. The fourth-order valence-corrected chi connectivity index (χ4v) is 0. The zero-order valence-corrected chi connectivity index (χ0v) is 6.44. The largest absolute Gasteiger partial charge is 0.329 e. The molecule has 0 aliphatic heterocycles. The molecule has 0 radical (unpaired) electrons. The third-order valence-corrected chi connectivity index (χ3v) is 0.167. The van der Waals surface area contributed by atoms with Gasteiger partial charge in [0.1, 0.15) is 0 Å². The average molecular weight is 183 g/mol. The van der Waals surface area contributed by atoms with Crippen molar-refractivity contribution < 1.29 is 4.79 Å². The first-order valence-electron chi connectivity index (χ1n) is 2.21. The maximum absolute atomic E-state index is 9.36. The number of hydrogen-bond donors (Lipinski definition) is 2. The van der Waals surface area contributed by atoms with Crippen molar-refractivity contribution in [2.45, 2.75) is 6.92 Å². The molecule has 0 amide bonds. The monoisotopic (exact) mass is 182 g/mol. The lowest BCUT2D eigenvalue weighted by molar-refractivity contribution is -0.108. The molecule has 0 saturated carbocycles. The number of nitrogens with two attached hydrogens (primary N) is 2. The first-order chi connectivity index (χ1) is 3.65. The standard InChI is InChI=1S/C2H3BrO.C2H8N2/c1-2(3)4;3-1-2-4/h1H3;1-4H2. The summed E-state index contributed by atoms with van der Waals surface area (Å²) in [7, 11) is 0. The van der Waals surface area contributed by atoms with Crippen LogP contribution in [0.1, 0.15) is 6.92 Å². The van der Waals surface area contributed by atoms with Crippen molar-refractivity contribution in [1.82, 2.24) is 0 Å². The smallest absolute Gasteiger partial charge is 0.194 e. The van der Waals surface area contributed by atoms with Gasteiger partial charge in [-0.2, -0.15) is 0 Å². The first kappa shape index (κ1) is 10.9. The maximum Gasteiger partial charge on any atom is 0.194 e. The van der Waals surface area contributed by atoms with E-state index in [9.17, 15) is 4.79 Å². The molecule has 0 aliphatic rings. The van der Waals surface area contributed by atoms with Crippen LogP contribution >= 0.6 is 15.9 Å². The summed E-state index contributed by atoms with van der Waals surface area (Å²) in [4.78, 5) is 9.36. The molecule has 0 aliphatic carbocycles. The number of halogens is 1. The predicted octanol–water partition coefficient (Wildman–Crippen LogP) is -0.168. The molecule has 4 N–H and O–H groups in total. The van der Waals surface area contributed by atoms with E-state index in [1.54, 1.807) is 0 Å². The third-order valence-electron chi connectivity index (χ3n) is 0.167. The molecule has 4 heteroatoms. The lowest BCUT2D eigenvalue weighted by Gasteiger charge is -1.72. The van der Waals surface area contributed by atoms with Gasteiger partial charge < -0.3 is 11.5 Å². The second-order valence-electron chi connectivity index (χ2n) is 1.05. The minimum Gasteiger partial charge on any atom is -0.329 e. The van der Waals surface area contributed by atoms with Gasteiger partial charge in [0.25, 0.3) is 0 Å². The molecule has 3 nitrogen and oxygen atoms in total. The van der Waals surface area contributed by atoms with Gasteiger partial charge in [-0.3, -0.25) is 4.79 Å². The van der Waals surface area contributed by atoms with E-state index >= 15 is 0 Å². The zero-order valence-electron chi connectivity index (χ0n) is 4.86. The fourth-order valence-electron chi connectivity index (χ4n) is 0. The minimum absolute atomic E-state index is 0.0208. The Hall–Kier alpha value is 0.0700. The SMILES string of the molecule is CC(=O)Br.NCCN. The Morgan fingerprint density at radius 1 is 1.50 bits per heavy atom. The average Bonchev–Trinajstić information content (AvgIpc) is 1.65. The molecule has 0 unspecified atom stereocenters. The molecule has 0 rings (SSSR count).